The van der Waals surface area contributed by atoms with E-state index in [2.05, 4.69) is 20.5 Å². The average molecular weight is 509 g/mol. The number of amides is 2. The number of hydrogen-bond donors (Lipinski definition) is 2. The molecule has 4 rings (SSSR count). The van der Waals surface area contributed by atoms with Crippen LogP contribution in [0, 0.1) is 17.8 Å². The molecule has 2 aliphatic rings. The minimum atomic E-state index is -4.64. The Morgan fingerprint density at radius 2 is 1.83 bits per heavy atom. The van der Waals surface area contributed by atoms with Gasteiger partial charge >= 0.3 is 6.18 Å². The lowest BCUT2D eigenvalue weighted by Gasteiger charge is -2.33. The lowest BCUT2D eigenvalue weighted by Crippen LogP contribution is -2.39. The van der Waals surface area contributed by atoms with Crippen molar-refractivity contribution in [3.05, 3.63) is 58.7 Å². The molecule has 1 aromatic heterocycles. The van der Waals surface area contributed by atoms with Gasteiger partial charge in [-0.1, -0.05) is 41.9 Å². The zero-order chi connectivity index (χ0) is 25.2. The second-order valence-electron chi connectivity index (χ2n) is 9.20. The highest BCUT2D eigenvalue weighted by molar-refractivity contribution is 6.32. The molecule has 2 fully saturated rings. The van der Waals surface area contributed by atoms with E-state index in [9.17, 15) is 22.8 Å². The number of piperidine rings is 1. The van der Waals surface area contributed by atoms with E-state index in [-0.39, 0.29) is 29.1 Å². The molecule has 1 aliphatic heterocycles. The number of benzene rings is 1. The molecule has 2 heterocycles. The summed E-state index contributed by atoms with van der Waals surface area (Å²) in [5, 5.41) is 5.24. The van der Waals surface area contributed by atoms with Crippen LogP contribution in [-0.2, 0) is 4.79 Å². The Bertz CT molecular complexity index is 1060. The summed E-state index contributed by atoms with van der Waals surface area (Å²) in [5.74, 6) is -1.64. The predicted molar refractivity (Wildman–Crippen MR) is 127 cm³/mol. The van der Waals surface area contributed by atoms with Gasteiger partial charge in [0, 0.05) is 26.7 Å². The van der Waals surface area contributed by atoms with Crippen molar-refractivity contribution in [1.82, 2.24) is 15.6 Å². The van der Waals surface area contributed by atoms with Crippen LogP contribution in [0.1, 0.15) is 41.1 Å². The van der Waals surface area contributed by atoms with Crippen LogP contribution >= 0.6 is 11.6 Å². The number of alkyl halides is 3. The van der Waals surface area contributed by atoms with Crippen molar-refractivity contribution in [1.29, 1.82) is 0 Å². The molecule has 6 nitrogen and oxygen atoms in total. The monoisotopic (exact) mass is 508 g/mol. The molecule has 10 heteroatoms. The van der Waals surface area contributed by atoms with Crippen LogP contribution in [-0.4, -0.2) is 49.7 Å². The molecule has 0 bridgehead atoms. The maximum atomic E-state index is 13.5. The smallest absolute Gasteiger partial charge is 0.357 e. The van der Waals surface area contributed by atoms with E-state index in [1.807, 2.05) is 0 Å². The highest BCUT2D eigenvalue weighted by Gasteiger charge is 2.48. The van der Waals surface area contributed by atoms with Crippen molar-refractivity contribution in [3.8, 4) is 0 Å². The van der Waals surface area contributed by atoms with Gasteiger partial charge in [0.15, 0.2) is 5.92 Å². The molecule has 3 unspecified atom stereocenters. The van der Waals surface area contributed by atoms with Crippen molar-refractivity contribution in [2.75, 3.05) is 31.6 Å². The third-order valence-corrected chi connectivity index (χ3v) is 7.30. The Kier molecular flexibility index (Phi) is 7.54. The van der Waals surface area contributed by atoms with Crippen LogP contribution in [0.15, 0.2) is 42.5 Å². The van der Waals surface area contributed by atoms with Crippen LogP contribution < -0.4 is 15.5 Å². The molecule has 35 heavy (non-hydrogen) atoms. The molecule has 1 saturated carbocycles. The van der Waals surface area contributed by atoms with Gasteiger partial charge in [-0.2, -0.15) is 13.2 Å². The van der Waals surface area contributed by atoms with Gasteiger partial charge in [-0.15, -0.1) is 0 Å². The van der Waals surface area contributed by atoms with E-state index in [1.165, 1.54) is 31.3 Å². The summed E-state index contributed by atoms with van der Waals surface area (Å²) < 4.78 is 40.6. The van der Waals surface area contributed by atoms with Crippen LogP contribution in [0.5, 0.6) is 0 Å². The fraction of sp³-hybridized carbons (Fsp3) is 0.480. The Labute approximate surface area is 207 Å². The predicted octanol–water partition coefficient (Wildman–Crippen LogP) is 4.41. The third-order valence-electron chi connectivity index (χ3n) is 7.01. The Hall–Kier alpha value is -2.81. The zero-order valence-electron chi connectivity index (χ0n) is 19.3. The molecule has 1 aliphatic carbocycles. The van der Waals surface area contributed by atoms with E-state index >= 15 is 0 Å². The van der Waals surface area contributed by atoms with Crippen molar-refractivity contribution < 1.29 is 22.8 Å². The van der Waals surface area contributed by atoms with Crippen LogP contribution in [0.2, 0.25) is 5.15 Å². The molecular weight excluding hydrogens is 481 g/mol. The second-order valence-corrected chi connectivity index (χ2v) is 9.56. The van der Waals surface area contributed by atoms with E-state index in [1.54, 1.807) is 18.2 Å². The van der Waals surface area contributed by atoms with Gasteiger partial charge < -0.3 is 15.5 Å². The first-order chi connectivity index (χ1) is 16.7. The van der Waals surface area contributed by atoms with Crippen molar-refractivity contribution >= 4 is 29.2 Å². The van der Waals surface area contributed by atoms with Crippen molar-refractivity contribution in [2.45, 2.75) is 31.4 Å². The summed E-state index contributed by atoms with van der Waals surface area (Å²) in [6.07, 6.45) is -1.86. The van der Waals surface area contributed by atoms with Gasteiger partial charge in [0.25, 0.3) is 5.91 Å². The Balaban J connectivity index is 1.27. The highest BCUT2D eigenvalue weighted by atomic mass is 35.5. The Morgan fingerprint density at radius 3 is 2.43 bits per heavy atom. The van der Waals surface area contributed by atoms with Gasteiger partial charge in [0.05, 0.1) is 5.56 Å². The molecule has 188 valence electrons. The lowest BCUT2D eigenvalue weighted by atomic mass is 9.91. The number of carbonyl (C=O) groups is 2. The quantitative estimate of drug-likeness (QED) is 0.543. The number of anilines is 1. The van der Waals surface area contributed by atoms with E-state index in [0.717, 1.165) is 38.2 Å². The molecule has 2 aromatic rings. The number of hydrogen-bond acceptors (Lipinski definition) is 4. The number of nitrogens with zero attached hydrogens (tertiary/aromatic N) is 2. The maximum Gasteiger partial charge on any atom is 0.404 e. The molecular formula is C25H28ClF3N4O2. The number of pyridine rings is 1. The maximum absolute atomic E-state index is 13.5. The molecule has 1 aromatic carbocycles. The third kappa shape index (κ3) is 5.89. The molecule has 3 atom stereocenters. The normalized spacial score (nSPS) is 21.3. The van der Waals surface area contributed by atoms with Crippen molar-refractivity contribution in [3.63, 3.8) is 0 Å². The summed E-state index contributed by atoms with van der Waals surface area (Å²) in [6.45, 7) is 1.83. The largest absolute Gasteiger partial charge is 0.404 e. The molecule has 1 saturated heterocycles. The summed E-state index contributed by atoms with van der Waals surface area (Å²) in [6, 6.07) is 10.8. The van der Waals surface area contributed by atoms with Crippen molar-refractivity contribution in [2.24, 2.45) is 17.8 Å². The van der Waals surface area contributed by atoms with Gasteiger partial charge in [0.1, 0.15) is 11.0 Å². The standard InChI is InChI=1S/C25H28ClF3N4O2/c1-30-23(34)18-7-8-20(32-22(18)26)33-11-9-15(10-12-33)19-13-17(19)14-31-24(35)21(25(27,28)29)16-5-3-2-4-6-16/h2-8,15,17,19,21H,9-14H2,1H3,(H,30,34)(H,31,35). The minimum absolute atomic E-state index is 0.0470. The molecule has 0 spiro atoms. The fourth-order valence-electron chi connectivity index (χ4n) is 5.01. The molecule has 2 N–H and O–H groups in total. The van der Waals surface area contributed by atoms with E-state index < -0.39 is 18.0 Å². The second kappa shape index (κ2) is 10.4. The SMILES string of the molecule is CNC(=O)c1ccc(N2CCC(C3CC3CNC(=O)C(c3ccccc3)C(F)(F)F)CC2)nc1Cl. The lowest BCUT2D eigenvalue weighted by molar-refractivity contribution is -0.165. The average Bonchev–Trinajstić information content (AvgIpc) is 3.62. The van der Waals surface area contributed by atoms with Crippen LogP contribution in [0.4, 0.5) is 19.0 Å². The number of carbonyl (C=O) groups excluding carboxylic acids is 2. The first kappa shape index (κ1) is 25.3. The fourth-order valence-corrected chi connectivity index (χ4v) is 5.25. The summed E-state index contributed by atoms with van der Waals surface area (Å²) in [4.78, 5) is 30.7. The Morgan fingerprint density at radius 1 is 1.14 bits per heavy atom. The highest BCUT2D eigenvalue weighted by Crippen LogP contribution is 2.48. The van der Waals surface area contributed by atoms with Gasteiger partial charge in [-0.25, -0.2) is 4.98 Å². The number of aromatic nitrogens is 1. The summed E-state index contributed by atoms with van der Waals surface area (Å²) >= 11 is 6.18. The first-order valence-corrected chi connectivity index (χ1v) is 12.1. The zero-order valence-corrected chi connectivity index (χ0v) is 20.1. The summed E-state index contributed by atoms with van der Waals surface area (Å²) in [7, 11) is 1.53. The van der Waals surface area contributed by atoms with Gasteiger partial charge in [-0.3, -0.25) is 9.59 Å². The minimum Gasteiger partial charge on any atom is -0.357 e. The van der Waals surface area contributed by atoms with Crippen LogP contribution in [0.3, 0.4) is 0 Å². The topological polar surface area (TPSA) is 74.3 Å². The van der Waals surface area contributed by atoms with Gasteiger partial charge in [-0.05, 0) is 54.7 Å². The van der Waals surface area contributed by atoms with E-state index in [0.29, 0.717) is 17.4 Å². The number of rotatable bonds is 7. The first-order valence-electron chi connectivity index (χ1n) is 11.7. The molecule has 2 amide bonds. The van der Waals surface area contributed by atoms with E-state index in [4.69, 9.17) is 11.6 Å². The summed E-state index contributed by atoms with van der Waals surface area (Å²) in [5.41, 5.74) is 0.282. The number of nitrogens with one attached hydrogen (secondary N) is 2. The number of halogens is 4. The van der Waals surface area contributed by atoms with Gasteiger partial charge in [0.2, 0.25) is 5.91 Å². The molecule has 0 radical (unpaired) electrons. The van der Waals surface area contributed by atoms with Crippen LogP contribution in [0.25, 0.3) is 0 Å².